The first-order valence-corrected chi connectivity index (χ1v) is 14.3. The first-order valence-electron chi connectivity index (χ1n) is 13.9. The number of carbonyl (C=O) groups excluding carboxylic acids is 2. The van der Waals surface area contributed by atoms with Gasteiger partial charge < -0.3 is 25.2 Å². The van der Waals surface area contributed by atoms with Crippen LogP contribution in [0.25, 0.3) is 22.0 Å². The molecule has 3 aromatic rings. The Hall–Kier alpha value is -4.70. The molecular formula is C29H28ClFN8O4. The maximum atomic E-state index is 15.2. The number of hydrogen-bond acceptors (Lipinski definition) is 9. The fourth-order valence-electron chi connectivity index (χ4n) is 6.26. The Balaban J connectivity index is 1.55. The number of nitriles is 1. The summed E-state index contributed by atoms with van der Waals surface area (Å²) in [6.07, 6.45) is 3.68. The van der Waals surface area contributed by atoms with Gasteiger partial charge in [-0.1, -0.05) is 18.2 Å². The lowest BCUT2D eigenvalue weighted by Crippen LogP contribution is -2.55. The van der Waals surface area contributed by atoms with E-state index in [4.69, 9.17) is 22.1 Å². The van der Waals surface area contributed by atoms with E-state index in [0.717, 1.165) is 12.5 Å². The van der Waals surface area contributed by atoms with Crippen molar-refractivity contribution in [2.75, 3.05) is 50.0 Å². The first-order chi connectivity index (χ1) is 20.7. The highest BCUT2D eigenvalue weighted by atomic mass is 35.5. The number of anilines is 2. The highest BCUT2D eigenvalue weighted by Gasteiger charge is 2.36. The van der Waals surface area contributed by atoms with Gasteiger partial charge in [-0.05, 0) is 24.6 Å². The smallest absolute Gasteiger partial charge is 0.350 e. The molecule has 5 heterocycles. The monoisotopic (exact) mass is 606 g/mol. The number of halogens is 2. The lowest BCUT2D eigenvalue weighted by Gasteiger charge is -2.41. The molecule has 1 aromatic carbocycles. The van der Waals surface area contributed by atoms with Gasteiger partial charge in [-0.3, -0.25) is 14.2 Å². The number of amides is 2. The normalized spacial score (nSPS) is 19.8. The van der Waals surface area contributed by atoms with Gasteiger partial charge in [-0.15, -0.1) is 0 Å². The average molecular weight is 607 g/mol. The molecule has 2 atom stereocenters. The van der Waals surface area contributed by atoms with E-state index < -0.39 is 23.6 Å². The molecule has 0 spiro atoms. The molecular weight excluding hydrogens is 579 g/mol. The highest BCUT2D eigenvalue weighted by Crippen LogP contribution is 2.48. The van der Waals surface area contributed by atoms with E-state index in [1.165, 1.54) is 16.8 Å². The van der Waals surface area contributed by atoms with Crippen LogP contribution in [0.15, 0.2) is 35.8 Å². The van der Waals surface area contributed by atoms with Gasteiger partial charge in [0, 0.05) is 50.7 Å². The van der Waals surface area contributed by atoms with Crippen LogP contribution in [0.3, 0.4) is 0 Å². The third-order valence-corrected chi connectivity index (χ3v) is 8.53. The molecule has 43 heavy (non-hydrogen) atoms. The number of nitrogens with two attached hydrogens (primary N) is 1. The Kier molecular flexibility index (Phi) is 7.39. The summed E-state index contributed by atoms with van der Waals surface area (Å²) in [4.78, 5) is 52.4. The van der Waals surface area contributed by atoms with Crippen molar-refractivity contribution in [3.05, 3.63) is 52.3 Å². The van der Waals surface area contributed by atoms with E-state index in [2.05, 4.69) is 22.6 Å². The van der Waals surface area contributed by atoms with E-state index in [1.807, 2.05) is 4.90 Å². The Morgan fingerprint density at radius 2 is 2.09 bits per heavy atom. The number of aromatic nitrogens is 3. The number of benzene rings is 1. The molecule has 3 aliphatic heterocycles. The van der Waals surface area contributed by atoms with E-state index in [-0.39, 0.29) is 72.2 Å². The van der Waals surface area contributed by atoms with Crippen molar-refractivity contribution in [1.29, 1.82) is 5.26 Å². The van der Waals surface area contributed by atoms with Crippen LogP contribution in [0, 0.1) is 17.1 Å². The Labute approximate surface area is 250 Å². The lowest BCUT2D eigenvalue weighted by atomic mass is 9.99. The maximum absolute atomic E-state index is 15.2. The molecule has 0 bridgehead atoms. The minimum Gasteiger partial charge on any atom is -0.488 e. The molecule has 0 aliphatic carbocycles. The number of hydrogen-bond donors (Lipinski definition) is 1. The van der Waals surface area contributed by atoms with E-state index >= 15 is 4.39 Å². The number of pyridine rings is 1. The zero-order valence-corrected chi connectivity index (χ0v) is 23.9. The van der Waals surface area contributed by atoms with E-state index in [1.54, 1.807) is 15.9 Å². The lowest BCUT2D eigenvalue weighted by molar-refractivity contribution is -0.129. The van der Waals surface area contributed by atoms with Crippen molar-refractivity contribution >= 4 is 46.0 Å². The second kappa shape index (κ2) is 11.2. The van der Waals surface area contributed by atoms with Crippen molar-refractivity contribution in [1.82, 2.24) is 24.3 Å². The zero-order valence-electron chi connectivity index (χ0n) is 23.1. The van der Waals surface area contributed by atoms with Gasteiger partial charge in [0.2, 0.25) is 11.8 Å². The van der Waals surface area contributed by atoms with Crippen LogP contribution in [0.4, 0.5) is 16.0 Å². The number of likely N-dealkylation sites (tertiary alicyclic amines) is 1. The fourth-order valence-corrected chi connectivity index (χ4v) is 6.54. The van der Waals surface area contributed by atoms with Crippen LogP contribution in [0.2, 0.25) is 5.02 Å². The second-order valence-corrected chi connectivity index (χ2v) is 11.1. The summed E-state index contributed by atoms with van der Waals surface area (Å²) in [5, 5.41) is 10.0. The summed E-state index contributed by atoms with van der Waals surface area (Å²) >= 11 is 6.82. The predicted octanol–water partition coefficient (Wildman–Crippen LogP) is 2.51. The second-order valence-electron chi connectivity index (χ2n) is 10.7. The van der Waals surface area contributed by atoms with Crippen LogP contribution in [0.1, 0.15) is 25.3 Å². The molecule has 14 heteroatoms. The topological polar surface area (TPSA) is 151 Å². The summed E-state index contributed by atoms with van der Waals surface area (Å²) in [6, 6.07) is 3.84. The number of rotatable bonds is 6. The van der Waals surface area contributed by atoms with Crippen molar-refractivity contribution in [3.63, 3.8) is 0 Å². The predicted molar refractivity (Wildman–Crippen MR) is 157 cm³/mol. The molecule has 0 saturated carbocycles. The summed E-state index contributed by atoms with van der Waals surface area (Å²) in [6.45, 7) is 5.20. The van der Waals surface area contributed by atoms with Crippen molar-refractivity contribution in [2.24, 2.45) is 0 Å². The molecule has 2 N–H and O–H groups in total. The maximum Gasteiger partial charge on any atom is 0.350 e. The first kappa shape index (κ1) is 28.4. The van der Waals surface area contributed by atoms with Crippen LogP contribution in [-0.2, 0) is 9.59 Å². The third-order valence-electron chi connectivity index (χ3n) is 8.23. The number of ether oxygens (including phenoxy) is 1. The standard InChI is InChI=1S/C29H28ClFN8O4/c1-2-21(40)38-11-10-37(13-16(38)5-7-32)28-18-12-19(30)23(24-20(31)6-8-34-27(24)33)26-25(18)39(29(42)35-28)17(15-43-26)14-36-9-3-4-22(36)41/h2,6,8,12,16-17H,1,3-5,9-11,13-15H2,(H2,33,34)/t16-,17?/m0/s1. The summed E-state index contributed by atoms with van der Waals surface area (Å²) < 4.78 is 23.0. The van der Waals surface area contributed by atoms with Gasteiger partial charge in [-0.25, -0.2) is 14.2 Å². The SMILES string of the molecule is C=CC(=O)N1CCN(c2nc(=O)n3c4c(c(-c5c(F)ccnc5N)c(Cl)cc24)OCC3CN2CCCC2=O)C[C@@H]1CC#N. The van der Waals surface area contributed by atoms with Gasteiger partial charge in [0.25, 0.3) is 0 Å². The quantitative estimate of drug-likeness (QED) is 0.417. The minimum atomic E-state index is -0.663. The molecule has 2 amide bonds. The van der Waals surface area contributed by atoms with Gasteiger partial charge >= 0.3 is 5.69 Å². The molecule has 2 fully saturated rings. The molecule has 222 valence electrons. The van der Waals surface area contributed by atoms with Crippen molar-refractivity contribution in [3.8, 4) is 22.9 Å². The third kappa shape index (κ3) is 4.81. The van der Waals surface area contributed by atoms with Crippen molar-refractivity contribution in [2.45, 2.75) is 31.3 Å². The molecule has 1 unspecified atom stereocenters. The van der Waals surface area contributed by atoms with Crippen LogP contribution < -0.4 is 21.1 Å². The molecule has 2 aromatic heterocycles. The number of nitrogen functional groups attached to an aromatic ring is 1. The Morgan fingerprint density at radius 1 is 1.28 bits per heavy atom. The summed E-state index contributed by atoms with van der Waals surface area (Å²) in [5.41, 5.74) is 5.95. The summed E-state index contributed by atoms with van der Waals surface area (Å²) in [5.74, 6) is -0.612. The van der Waals surface area contributed by atoms with E-state index in [9.17, 15) is 19.6 Å². The molecule has 12 nitrogen and oxygen atoms in total. The van der Waals surface area contributed by atoms with Gasteiger partial charge in [-0.2, -0.15) is 10.2 Å². The molecule has 0 radical (unpaired) electrons. The minimum absolute atomic E-state index is 0.00264. The van der Waals surface area contributed by atoms with Crippen molar-refractivity contribution < 1.29 is 18.7 Å². The summed E-state index contributed by atoms with van der Waals surface area (Å²) in [7, 11) is 0. The molecule has 2 saturated heterocycles. The fraction of sp³-hybridized carbons (Fsp3) is 0.379. The highest BCUT2D eigenvalue weighted by molar-refractivity contribution is 6.35. The average Bonchev–Trinajstić information content (AvgIpc) is 3.39. The van der Waals surface area contributed by atoms with Crippen LogP contribution in [0.5, 0.6) is 5.75 Å². The Bertz CT molecular complexity index is 1750. The number of piperazine rings is 1. The molecule has 6 rings (SSSR count). The number of nitrogens with zero attached hydrogens (tertiary/aromatic N) is 7. The number of carbonyl (C=O) groups is 2. The van der Waals surface area contributed by atoms with Crippen LogP contribution in [-0.4, -0.2) is 81.5 Å². The Morgan fingerprint density at radius 3 is 2.79 bits per heavy atom. The van der Waals surface area contributed by atoms with Gasteiger partial charge in [0.05, 0.1) is 46.2 Å². The van der Waals surface area contributed by atoms with Crippen LogP contribution >= 0.6 is 11.6 Å². The molecule has 3 aliphatic rings. The van der Waals surface area contributed by atoms with Gasteiger partial charge in [0.1, 0.15) is 24.1 Å². The van der Waals surface area contributed by atoms with Gasteiger partial charge in [0.15, 0.2) is 5.75 Å². The largest absolute Gasteiger partial charge is 0.488 e. The zero-order chi connectivity index (χ0) is 30.4. The van der Waals surface area contributed by atoms with E-state index in [0.29, 0.717) is 36.2 Å².